The monoisotopic (exact) mass is 444 g/mol. The molecule has 0 aliphatic heterocycles. The van der Waals surface area contributed by atoms with E-state index in [9.17, 15) is 9.90 Å². The summed E-state index contributed by atoms with van der Waals surface area (Å²) in [4.78, 5) is 11.9. The minimum Gasteiger partial charge on any atom is -0.462 e. The van der Waals surface area contributed by atoms with Crippen LogP contribution in [0.4, 0.5) is 0 Å². The van der Waals surface area contributed by atoms with Gasteiger partial charge in [0.2, 0.25) is 0 Å². The van der Waals surface area contributed by atoms with Crippen LogP contribution < -0.4 is 0 Å². The standard InChI is InChI=1S/C29H48O3/c1-19(9-8-17-27(3,4)31)23-14-15-24-22-13-12-21-10-7-11-26(32-20(2)30)29(21,6)25(22)16-18-28(23,24)5/h12,19,22-26,31H,7-11,13-18H2,1-6H3/t19-,22+,23-,24+,25+,26?,28-,29+/m1/s1. The quantitative estimate of drug-likeness (QED) is 0.352. The third-order valence-corrected chi connectivity index (χ3v) is 10.6. The number of rotatable bonds is 6. The highest BCUT2D eigenvalue weighted by atomic mass is 16.5. The molecule has 0 saturated heterocycles. The lowest BCUT2D eigenvalue weighted by Gasteiger charge is -2.59. The van der Waals surface area contributed by atoms with Crippen LogP contribution in [0.3, 0.4) is 0 Å². The summed E-state index contributed by atoms with van der Waals surface area (Å²) in [5.74, 6) is 3.64. The average Bonchev–Trinajstić information content (AvgIpc) is 3.04. The van der Waals surface area contributed by atoms with Crippen LogP contribution in [0.2, 0.25) is 0 Å². The lowest BCUT2D eigenvalue weighted by Crippen LogP contribution is -2.55. The van der Waals surface area contributed by atoms with Crippen LogP contribution in [0.1, 0.15) is 112 Å². The number of fused-ring (bicyclic) bond motifs is 5. The molecule has 0 amide bonds. The second-order valence-corrected chi connectivity index (χ2v) is 13.0. The first-order valence-corrected chi connectivity index (χ1v) is 13.6. The molecule has 0 bridgehead atoms. The van der Waals surface area contributed by atoms with E-state index in [1.165, 1.54) is 44.9 Å². The summed E-state index contributed by atoms with van der Waals surface area (Å²) < 4.78 is 5.98. The van der Waals surface area contributed by atoms with Crippen molar-refractivity contribution in [2.24, 2.45) is 40.4 Å². The highest BCUT2D eigenvalue weighted by Gasteiger charge is 2.61. The first kappa shape index (κ1) is 24.3. The fourth-order valence-corrected chi connectivity index (χ4v) is 9.11. The van der Waals surface area contributed by atoms with Gasteiger partial charge in [0.05, 0.1) is 5.60 Å². The Balaban J connectivity index is 1.52. The van der Waals surface area contributed by atoms with Gasteiger partial charge in [-0.15, -0.1) is 0 Å². The Morgan fingerprint density at radius 3 is 2.66 bits per heavy atom. The van der Waals surface area contributed by atoms with Crippen molar-refractivity contribution in [3.63, 3.8) is 0 Å². The van der Waals surface area contributed by atoms with Gasteiger partial charge in [0.15, 0.2) is 0 Å². The molecule has 8 atom stereocenters. The molecule has 4 rings (SSSR count). The first-order chi connectivity index (χ1) is 15.0. The molecule has 4 aliphatic carbocycles. The molecule has 0 spiro atoms. The van der Waals surface area contributed by atoms with Crippen LogP contribution in [0.15, 0.2) is 11.6 Å². The van der Waals surface area contributed by atoms with Crippen molar-refractivity contribution in [3.05, 3.63) is 11.6 Å². The summed E-state index contributed by atoms with van der Waals surface area (Å²) in [7, 11) is 0. The predicted molar refractivity (Wildman–Crippen MR) is 130 cm³/mol. The van der Waals surface area contributed by atoms with Gasteiger partial charge in [-0.1, -0.05) is 45.3 Å². The summed E-state index contributed by atoms with van der Waals surface area (Å²) >= 11 is 0. The summed E-state index contributed by atoms with van der Waals surface area (Å²) in [5.41, 5.74) is 1.54. The van der Waals surface area contributed by atoms with E-state index in [1.807, 2.05) is 13.8 Å². The van der Waals surface area contributed by atoms with Gasteiger partial charge in [-0.2, -0.15) is 0 Å². The van der Waals surface area contributed by atoms with Crippen LogP contribution >= 0.6 is 0 Å². The molecule has 32 heavy (non-hydrogen) atoms. The van der Waals surface area contributed by atoms with E-state index in [0.717, 1.165) is 49.4 Å². The van der Waals surface area contributed by atoms with E-state index in [1.54, 1.807) is 12.5 Å². The van der Waals surface area contributed by atoms with E-state index >= 15 is 0 Å². The van der Waals surface area contributed by atoms with Gasteiger partial charge >= 0.3 is 5.97 Å². The van der Waals surface area contributed by atoms with Crippen molar-refractivity contribution in [1.29, 1.82) is 0 Å². The van der Waals surface area contributed by atoms with Gasteiger partial charge in [-0.05, 0) is 107 Å². The lowest BCUT2D eigenvalue weighted by molar-refractivity contribution is -0.162. The van der Waals surface area contributed by atoms with Crippen LogP contribution in [-0.4, -0.2) is 22.8 Å². The fraction of sp³-hybridized carbons (Fsp3) is 0.897. The third kappa shape index (κ3) is 4.21. The summed E-state index contributed by atoms with van der Waals surface area (Å²) in [6.45, 7) is 13.0. The lowest BCUT2D eigenvalue weighted by atomic mass is 9.46. The van der Waals surface area contributed by atoms with Crippen LogP contribution in [0.25, 0.3) is 0 Å². The first-order valence-electron chi connectivity index (χ1n) is 13.6. The maximum absolute atomic E-state index is 11.9. The largest absolute Gasteiger partial charge is 0.462 e. The van der Waals surface area contributed by atoms with Gasteiger partial charge in [-0.25, -0.2) is 0 Å². The number of hydrogen-bond donors (Lipinski definition) is 1. The van der Waals surface area contributed by atoms with Gasteiger partial charge in [0.25, 0.3) is 0 Å². The van der Waals surface area contributed by atoms with Crippen LogP contribution in [0.5, 0.6) is 0 Å². The smallest absolute Gasteiger partial charge is 0.302 e. The Morgan fingerprint density at radius 1 is 1.22 bits per heavy atom. The Kier molecular flexibility index (Phi) is 6.64. The zero-order valence-electron chi connectivity index (χ0n) is 21.6. The molecule has 0 aromatic rings. The molecule has 1 N–H and O–H groups in total. The van der Waals surface area contributed by atoms with E-state index in [-0.39, 0.29) is 17.5 Å². The minimum atomic E-state index is -0.542. The maximum Gasteiger partial charge on any atom is 0.302 e. The Morgan fingerprint density at radius 2 is 1.97 bits per heavy atom. The van der Waals surface area contributed by atoms with Crippen molar-refractivity contribution in [2.75, 3.05) is 0 Å². The molecule has 1 unspecified atom stereocenters. The molecular formula is C29H48O3. The zero-order chi connectivity index (χ0) is 23.3. The molecule has 0 aromatic carbocycles. The molecule has 0 aromatic heterocycles. The second-order valence-electron chi connectivity index (χ2n) is 13.0. The number of ether oxygens (including phenoxy) is 1. The Labute approximate surface area is 196 Å². The van der Waals surface area contributed by atoms with E-state index < -0.39 is 5.60 Å². The summed E-state index contributed by atoms with van der Waals surface area (Å²) in [5, 5.41) is 10.1. The molecule has 3 fully saturated rings. The van der Waals surface area contributed by atoms with Crippen molar-refractivity contribution in [2.45, 2.75) is 124 Å². The van der Waals surface area contributed by atoms with Crippen molar-refractivity contribution >= 4 is 5.97 Å². The minimum absolute atomic E-state index is 0.0462. The van der Waals surface area contributed by atoms with Gasteiger partial charge in [0.1, 0.15) is 6.10 Å². The van der Waals surface area contributed by atoms with Gasteiger partial charge in [0, 0.05) is 12.3 Å². The van der Waals surface area contributed by atoms with Crippen LogP contribution in [0, 0.1) is 40.4 Å². The Hall–Kier alpha value is -0.830. The Bertz CT molecular complexity index is 733. The highest BCUT2D eigenvalue weighted by molar-refractivity contribution is 5.66. The fourth-order valence-electron chi connectivity index (χ4n) is 9.11. The molecule has 3 heteroatoms. The number of allylic oxidation sites excluding steroid dienone is 1. The second kappa shape index (κ2) is 8.75. The maximum atomic E-state index is 11.9. The molecule has 3 saturated carbocycles. The number of carbonyl (C=O) groups is 1. The SMILES string of the molecule is CC(=O)OC1CCCC2=CC[C@H]3[C@@H]4CC[C@H]([C@H](C)CCCC(C)(C)O)[C@@]4(C)CC[C@@H]3[C@]21C. The number of esters is 1. The topological polar surface area (TPSA) is 46.5 Å². The molecule has 0 heterocycles. The number of hydrogen-bond acceptors (Lipinski definition) is 3. The van der Waals surface area contributed by atoms with Crippen molar-refractivity contribution in [1.82, 2.24) is 0 Å². The summed E-state index contributed by atoms with van der Waals surface area (Å²) in [6, 6.07) is 0. The van der Waals surface area contributed by atoms with Crippen molar-refractivity contribution in [3.8, 4) is 0 Å². The van der Waals surface area contributed by atoms with E-state index in [0.29, 0.717) is 11.3 Å². The third-order valence-electron chi connectivity index (χ3n) is 10.6. The van der Waals surface area contributed by atoms with Gasteiger partial charge < -0.3 is 9.84 Å². The molecule has 182 valence electrons. The molecule has 0 radical (unpaired) electrons. The van der Waals surface area contributed by atoms with E-state index in [4.69, 9.17) is 4.74 Å². The summed E-state index contributed by atoms with van der Waals surface area (Å²) in [6.07, 6.45) is 15.9. The van der Waals surface area contributed by atoms with Crippen LogP contribution in [-0.2, 0) is 9.53 Å². The number of carbonyl (C=O) groups excluding carboxylic acids is 1. The molecular weight excluding hydrogens is 396 g/mol. The van der Waals surface area contributed by atoms with Gasteiger partial charge in [-0.3, -0.25) is 4.79 Å². The van der Waals surface area contributed by atoms with E-state index in [2.05, 4.69) is 26.8 Å². The van der Waals surface area contributed by atoms with Crippen molar-refractivity contribution < 1.29 is 14.6 Å². The average molecular weight is 445 g/mol. The highest BCUT2D eigenvalue weighted by Crippen LogP contribution is 2.67. The molecule has 3 nitrogen and oxygen atoms in total. The normalized spacial score (nSPS) is 42.3. The number of aliphatic hydroxyl groups is 1. The molecule has 4 aliphatic rings. The predicted octanol–water partition coefficient (Wildman–Crippen LogP) is 7.07. The zero-order valence-corrected chi connectivity index (χ0v) is 21.6.